The number of ether oxygens (including phenoxy) is 2. The average Bonchev–Trinajstić information content (AvgIpc) is 3.14. The Hall–Kier alpha value is -4.39. The van der Waals surface area contributed by atoms with E-state index in [1.54, 1.807) is 56.5 Å². The summed E-state index contributed by atoms with van der Waals surface area (Å²) < 4.78 is 9.98. The fraction of sp³-hybridized carbons (Fsp3) is 0.207. The predicted octanol–water partition coefficient (Wildman–Crippen LogP) is 4.65. The number of aliphatic hydroxyl groups is 1. The van der Waals surface area contributed by atoms with Crippen LogP contribution in [0, 0.1) is 13.8 Å². The Morgan fingerprint density at radius 1 is 0.944 bits per heavy atom. The van der Waals surface area contributed by atoms with Gasteiger partial charge >= 0.3 is 5.97 Å². The highest BCUT2D eigenvalue weighted by Crippen LogP contribution is 2.43. The van der Waals surface area contributed by atoms with Gasteiger partial charge in [0.15, 0.2) is 0 Å². The molecule has 0 spiro atoms. The summed E-state index contributed by atoms with van der Waals surface area (Å²) in [5.41, 5.74) is 3.95. The van der Waals surface area contributed by atoms with Crippen LogP contribution < -0.4 is 9.64 Å². The summed E-state index contributed by atoms with van der Waals surface area (Å²) in [5.74, 6) is -1.51. The summed E-state index contributed by atoms with van der Waals surface area (Å²) in [7, 11) is 2.87. The van der Waals surface area contributed by atoms with Crippen molar-refractivity contribution in [2.24, 2.45) is 0 Å². The van der Waals surface area contributed by atoms with Crippen molar-refractivity contribution in [3.63, 3.8) is 0 Å². The lowest BCUT2D eigenvalue weighted by molar-refractivity contribution is -0.139. The fourth-order valence-corrected chi connectivity index (χ4v) is 4.47. The number of ketones is 1. The van der Waals surface area contributed by atoms with Crippen LogP contribution in [-0.4, -0.2) is 37.0 Å². The van der Waals surface area contributed by atoms with Crippen molar-refractivity contribution in [3.05, 3.63) is 100 Å². The van der Waals surface area contributed by atoms with Crippen LogP contribution in [-0.2, 0) is 25.5 Å². The van der Waals surface area contributed by atoms with E-state index in [1.807, 2.05) is 31.2 Å². The number of Topliss-reactive ketones (excluding diaryl/α,β-unsaturated/α-hetero) is 1. The van der Waals surface area contributed by atoms with Crippen molar-refractivity contribution >= 4 is 29.1 Å². The molecule has 0 aromatic heterocycles. The Labute approximate surface area is 209 Å². The van der Waals surface area contributed by atoms with E-state index in [9.17, 15) is 19.5 Å². The smallest absolute Gasteiger partial charge is 0.309 e. The Morgan fingerprint density at radius 3 is 2.25 bits per heavy atom. The zero-order valence-corrected chi connectivity index (χ0v) is 20.6. The van der Waals surface area contributed by atoms with E-state index in [0.29, 0.717) is 28.1 Å². The number of benzene rings is 3. The zero-order chi connectivity index (χ0) is 26.0. The van der Waals surface area contributed by atoms with Gasteiger partial charge in [0.25, 0.3) is 11.7 Å². The number of aliphatic hydroxyl groups excluding tert-OH is 1. The highest BCUT2D eigenvalue weighted by atomic mass is 16.5. The first kappa shape index (κ1) is 24.7. The summed E-state index contributed by atoms with van der Waals surface area (Å²) in [6, 6.07) is 18.6. The molecule has 1 aliphatic rings. The van der Waals surface area contributed by atoms with Crippen LogP contribution in [0.25, 0.3) is 5.76 Å². The van der Waals surface area contributed by atoms with E-state index >= 15 is 0 Å². The van der Waals surface area contributed by atoms with Gasteiger partial charge in [0.1, 0.15) is 11.5 Å². The van der Waals surface area contributed by atoms with Crippen molar-refractivity contribution in [2.45, 2.75) is 26.3 Å². The third-order valence-electron chi connectivity index (χ3n) is 6.41. The summed E-state index contributed by atoms with van der Waals surface area (Å²) in [5, 5.41) is 11.4. The van der Waals surface area contributed by atoms with Crippen LogP contribution in [0.15, 0.2) is 72.3 Å². The monoisotopic (exact) mass is 485 g/mol. The minimum Gasteiger partial charge on any atom is -0.507 e. The second-order valence-electron chi connectivity index (χ2n) is 8.63. The summed E-state index contributed by atoms with van der Waals surface area (Å²) in [6.07, 6.45) is 0.0908. The second-order valence-corrected chi connectivity index (χ2v) is 8.63. The molecule has 1 saturated heterocycles. The minimum atomic E-state index is -0.834. The molecule has 1 atom stereocenters. The number of amides is 1. The number of rotatable bonds is 6. The lowest BCUT2D eigenvalue weighted by atomic mass is 9.91. The quantitative estimate of drug-likeness (QED) is 0.236. The SMILES string of the molecule is COC(=O)Cc1ccc(N2C(=O)C(=O)/C(=C(/O)c3ccc(OC)cc3C)C2c2ccccc2C)cc1. The Bertz CT molecular complexity index is 1370. The number of aryl methyl sites for hydroxylation is 2. The molecule has 184 valence electrons. The molecule has 1 aliphatic heterocycles. The molecule has 0 bridgehead atoms. The van der Waals surface area contributed by atoms with E-state index in [2.05, 4.69) is 0 Å². The topological polar surface area (TPSA) is 93.1 Å². The molecule has 7 nitrogen and oxygen atoms in total. The molecule has 7 heteroatoms. The predicted molar refractivity (Wildman–Crippen MR) is 136 cm³/mol. The third-order valence-corrected chi connectivity index (χ3v) is 6.41. The third kappa shape index (κ3) is 4.47. The lowest BCUT2D eigenvalue weighted by Crippen LogP contribution is -2.29. The van der Waals surface area contributed by atoms with Crippen LogP contribution >= 0.6 is 0 Å². The molecule has 0 radical (unpaired) electrons. The number of carbonyl (C=O) groups excluding carboxylic acids is 3. The molecule has 3 aromatic carbocycles. The van der Waals surface area contributed by atoms with Gasteiger partial charge in [0, 0.05) is 11.3 Å². The Kier molecular flexibility index (Phi) is 6.92. The summed E-state index contributed by atoms with van der Waals surface area (Å²) in [6.45, 7) is 3.70. The van der Waals surface area contributed by atoms with Crippen LogP contribution in [0.5, 0.6) is 5.75 Å². The van der Waals surface area contributed by atoms with E-state index in [-0.39, 0.29) is 23.7 Å². The van der Waals surface area contributed by atoms with Gasteiger partial charge in [0.05, 0.1) is 32.3 Å². The van der Waals surface area contributed by atoms with Crippen molar-refractivity contribution in [3.8, 4) is 5.75 Å². The van der Waals surface area contributed by atoms with Crippen LogP contribution in [0.2, 0.25) is 0 Å². The van der Waals surface area contributed by atoms with Gasteiger partial charge in [-0.05, 0) is 66.4 Å². The number of carbonyl (C=O) groups is 3. The van der Waals surface area contributed by atoms with Gasteiger partial charge in [-0.1, -0.05) is 36.4 Å². The van der Waals surface area contributed by atoms with Gasteiger partial charge in [0.2, 0.25) is 0 Å². The Balaban J connectivity index is 1.88. The summed E-state index contributed by atoms with van der Waals surface area (Å²) >= 11 is 0. The lowest BCUT2D eigenvalue weighted by Gasteiger charge is -2.27. The molecular weight excluding hydrogens is 458 g/mol. The molecular formula is C29H27NO6. The first-order chi connectivity index (χ1) is 17.3. The van der Waals surface area contributed by atoms with Crippen molar-refractivity contribution in [2.75, 3.05) is 19.1 Å². The number of anilines is 1. The van der Waals surface area contributed by atoms with Gasteiger partial charge in [-0.25, -0.2) is 0 Å². The molecule has 3 aromatic rings. The second kappa shape index (κ2) is 10.1. The minimum absolute atomic E-state index is 0.0150. The first-order valence-corrected chi connectivity index (χ1v) is 11.4. The largest absolute Gasteiger partial charge is 0.507 e. The van der Waals surface area contributed by atoms with E-state index < -0.39 is 17.7 Å². The Morgan fingerprint density at radius 2 is 1.64 bits per heavy atom. The first-order valence-electron chi connectivity index (χ1n) is 11.4. The van der Waals surface area contributed by atoms with Crippen molar-refractivity contribution in [1.82, 2.24) is 0 Å². The van der Waals surface area contributed by atoms with Crippen LogP contribution in [0.4, 0.5) is 5.69 Å². The average molecular weight is 486 g/mol. The molecule has 0 saturated carbocycles. The standard InChI is InChI=1S/C29H27NO6/c1-17-7-5-6-8-22(17)26-25(27(32)23-14-13-21(35-3)15-18(23)2)28(33)29(34)30(26)20-11-9-19(10-12-20)16-24(31)36-4/h5-15,26,32H,16H2,1-4H3/b27-25+. The van der Waals surface area contributed by atoms with Crippen LogP contribution in [0.1, 0.15) is 33.9 Å². The van der Waals surface area contributed by atoms with Gasteiger partial charge < -0.3 is 14.6 Å². The number of esters is 1. The maximum Gasteiger partial charge on any atom is 0.309 e. The maximum atomic E-state index is 13.4. The van der Waals surface area contributed by atoms with Gasteiger partial charge in [-0.15, -0.1) is 0 Å². The zero-order valence-electron chi connectivity index (χ0n) is 20.6. The molecule has 1 unspecified atom stereocenters. The molecule has 36 heavy (non-hydrogen) atoms. The molecule has 1 fully saturated rings. The molecule has 1 heterocycles. The van der Waals surface area contributed by atoms with Crippen molar-refractivity contribution < 1.29 is 29.0 Å². The molecule has 1 N–H and O–H groups in total. The van der Waals surface area contributed by atoms with E-state index in [1.165, 1.54) is 12.0 Å². The maximum absolute atomic E-state index is 13.4. The number of methoxy groups -OCH3 is 2. The summed E-state index contributed by atoms with van der Waals surface area (Å²) in [4.78, 5) is 39.8. The normalized spacial score (nSPS) is 16.8. The van der Waals surface area contributed by atoms with Crippen LogP contribution in [0.3, 0.4) is 0 Å². The number of hydrogen-bond acceptors (Lipinski definition) is 6. The van der Waals surface area contributed by atoms with E-state index in [0.717, 1.165) is 11.1 Å². The van der Waals surface area contributed by atoms with E-state index in [4.69, 9.17) is 9.47 Å². The molecule has 1 amide bonds. The number of hydrogen-bond donors (Lipinski definition) is 1. The number of nitrogens with zero attached hydrogens (tertiary/aromatic N) is 1. The fourth-order valence-electron chi connectivity index (χ4n) is 4.47. The highest BCUT2D eigenvalue weighted by molar-refractivity contribution is 6.51. The molecule has 0 aliphatic carbocycles. The molecule has 4 rings (SSSR count). The van der Waals surface area contributed by atoms with Gasteiger partial charge in [-0.3, -0.25) is 19.3 Å². The van der Waals surface area contributed by atoms with Crippen molar-refractivity contribution in [1.29, 1.82) is 0 Å². The van der Waals surface area contributed by atoms with Gasteiger partial charge in [-0.2, -0.15) is 0 Å². The highest BCUT2D eigenvalue weighted by Gasteiger charge is 2.47.